The number of nitrogens with zero attached hydrogens (tertiary/aromatic N) is 4. The molecule has 32 heavy (non-hydrogen) atoms. The highest BCUT2D eigenvalue weighted by atomic mass is 32.2. The van der Waals surface area contributed by atoms with Crippen LogP contribution >= 0.6 is 34.4 Å². The number of carbonyl (C=O) groups is 1. The van der Waals surface area contributed by atoms with Crippen LogP contribution in [0.15, 0.2) is 52.2 Å². The van der Waals surface area contributed by atoms with E-state index in [4.69, 9.17) is 0 Å². The molecule has 0 fully saturated rings. The standard InChI is InChI=1S/C23H23N5OS3/c1-14-6-5-7-20(10-14)28(17(4)29)22-25-19(12-30-22)13-31-23-27-26-21(32-23)24-18-9-8-15(2)16(3)11-18/h5-12H,13H2,1-4H3,(H,24,26). The molecule has 0 atom stereocenters. The van der Waals surface area contributed by atoms with Gasteiger partial charge >= 0.3 is 0 Å². The number of aryl methyl sites for hydroxylation is 3. The van der Waals surface area contributed by atoms with Crippen LogP contribution in [0.1, 0.15) is 29.3 Å². The fourth-order valence-electron chi connectivity index (χ4n) is 3.06. The first-order valence-corrected chi connectivity index (χ1v) is 12.7. The smallest absolute Gasteiger partial charge is 0.230 e. The third-order valence-electron chi connectivity index (χ3n) is 4.81. The number of anilines is 4. The molecule has 9 heteroatoms. The molecule has 0 bridgehead atoms. The summed E-state index contributed by atoms with van der Waals surface area (Å²) in [5.41, 5.74) is 6.34. The maximum Gasteiger partial charge on any atom is 0.230 e. The summed E-state index contributed by atoms with van der Waals surface area (Å²) >= 11 is 4.57. The highest BCUT2D eigenvalue weighted by molar-refractivity contribution is 8.00. The summed E-state index contributed by atoms with van der Waals surface area (Å²) in [4.78, 5) is 18.6. The van der Waals surface area contributed by atoms with Gasteiger partial charge in [0.2, 0.25) is 11.0 Å². The van der Waals surface area contributed by atoms with Gasteiger partial charge in [-0.05, 0) is 61.7 Å². The van der Waals surface area contributed by atoms with Gasteiger partial charge in [-0.1, -0.05) is 41.3 Å². The van der Waals surface area contributed by atoms with Crippen LogP contribution in [0.25, 0.3) is 0 Å². The van der Waals surface area contributed by atoms with Gasteiger partial charge in [0.1, 0.15) is 0 Å². The molecule has 1 amide bonds. The van der Waals surface area contributed by atoms with Gasteiger partial charge in [-0.15, -0.1) is 21.5 Å². The van der Waals surface area contributed by atoms with Crippen molar-refractivity contribution in [2.75, 3.05) is 10.2 Å². The summed E-state index contributed by atoms with van der Waals surface area (Å²) in [7, 11) is 0. The second kappa shape index (κ2) is 9.81. The summed E-state index contributed by atoms with van der Waals surface area (Å²) in [6.07, 6.45) is 0. The molecule has 1 N–H and O–H groups in total. The Balaban J connectivity index is 1.41. The maximum absolute atomic E-state index is 12.3. The summed E-state index contributed by atoms with van der Waals surface area (Å²) in [5, 5.41) is 15.3. The van der Waals surface area contributed by atoms with Gasteiger partial charge in [0, 0.05) is 23.7 Å². The van der Waals surface area contributed by atoms with Crippen molar-refractivity contribution in [1.29, 1.82) is 0 Å². The Morgan fingerprint density at radius 1 is 1.09 bits per heavy atom. The molecule has 0 saturated carbocycles. The third-order valence-corrected chi connectivity index (χ3v) is 7.69. The highest BCUT2D eigenvalue weighted by Crippen LogP contribution is 2.33. The lowest BCUT2D eigenvalue weighted by Gasteiger charge is -2.18. The summed E-state index contributed by atoms with van der Waals surface area (Å²) in [6, 6.07) is 14.1. The van der Waals surface area contributed by atoms with Crippen LogP contribution in [0.3, 0.4) is 0 Å². The van der Waals surface area contributed by atoms with Crippen molar-refractivity contribution in [3.05, 3.63) is 70.2 Å². The first kappa shape index (κ1) is 22.4. The van der Waals surface area contributed by atoms with Gasteiger partial charge < -0.3 is 5.32 Å². The molecule has 4 aromatic rings. The molecule has 0 saturated heterocycles. The number of amides is 1. The molecule has 0 radical (unpaired) electrons. The molecule has 2 heterocycles. The molecular weight excluding hydrogens is 458 g/mol. The Labute approximate surface area is 199 Å². The highest BCUT2D eigenvalue weighted by Gasteiger charge is 2.18. The fourth-order valence-corrected chi connectivity index (χ4v) is 5.71. The summed E-state index contributed by atoms with van der Waals surface area (Å²) in [5.74, 6) is 0.601. The Bertz CT molecular complexity index is 1250. The van der Waals surface area contributed by atoms with E-state index in [1.54, 1.807) is 23.6 Å². The van der Waals surface area contributed by atoms with Crippen molar-refractivity contribution in [3.63, 3.8) is 0 Å². The number of rotatable bonds is 7. The minimum Gasteiger partial charge on any atom is -0.330 e. The Morgan fingerprint density at radius 2 is 1.94 bits per heavy atom. The molecule has 0 unspecified atom stereocenters. The Hall–Kier alpha value is -2.75. The number of nitrogens with one attached hydrogen (secondary N) is 1. The molecule has 6 nitrogen and oxygen atoms in total. The number of thiazole rings is 1. The van der Waals surface area contributed by atoms with Gasteiger partial charge in [-0.25, -0.2) is 4.98 Å². The molecule has 2 aromatic heterocycles. The van der Waals surface area contributed by atoms with Crippen LogP contribution < -0.4 is 10.2 Å². The van der Waals surface area contributed by atoms with Crippen LogP contribution in [0.5, 0.6) is 0 Å². The number of hydrogen-bond donors (Lipinski definition) is 1. The van der Waals surface area contributed by atoms with Crippen molar-refractivity contribution >= 4 is 62.0 Å². The number of hydrogen-bond acceptors (Lipinski definition) is 8. The SMILES string of the molecule is CC(=O)N(c1cccc(C)c1)c1nc(CSc2nnc(Nc3ccc(C)c(C)c3)s2)cs1. The van der Waals surface area contributed by atoms with Crippen LogP contribution in [0.4, 0.5) is 21.6 Å². The summed E-state index contributed by atoms with van der Waals surface area (Å²) < 4.78 is 0.869. The lowest BCUT2D eigenvalue weighted by Crippen LogP contribution is -2.22. The van der Waals surface area contributed by atoms with E-state index < -0.39 is 0 Å². The van der Waals surface area contributed by atoms with E-state index >= 15 is 0 Å². The van der Waals surface area contributed by atoms with Gasteiger partial charge in [0.25, 0.3) is 0 Å². The largest absolute Gasteiger partial charge is 0.330 e. The number of aromatic nitrogens is 3. The number of thioether (sulfide) groups is 1. The van der Waals surface area contributed by atoms with E-state index in [9.17, 15) is 4.79 Å². The van der Waals surface area contributed by atoms with Crippen molar-refractivity contribution in [2.24, 2.45) is 0 Å². The predicted octanol–water partition coefficient (Wildman–Crippen LogP) is 6.64. The van der Waals surface area contributed by atoms with E-state index in [1.165, 1.54) is 33.8 Å². The van der Waals surface area contributed by atoms with Crippen LogP contribution in [0.2, 0.25) is 0 Å². The van der Waals surface area contributed by atoms with E-state index in [2.05, 4.69) is 46.5 Å². The van der Waals surface area contributed by atoms with Gasteiger partial charge in [0.15, 0.2) is 9.47 Å². The van der Waals surface area contributed by atoms with E-state index in [0.717, 1.165) is 32.1 Å². The van der Waals surface area contributed by atoms with E-state index in [1.807, 2.05) is 42.6 Å². The van der Waals surface area contributed by atoms with Gasteiger partial charge in [-0.2, -0.15) is 0 Å². The average molecular weight is 482 g/mol. The minimum absolute atomic E-state index is 0.0599. The second-order valence-corrected chi connectivity index (χ2v) is 10.4. The third kappa shape index (κ3) is 5.35. The molecule has 2 aromatic carbocycles. The maximum atomic E-state index is 12.3. The van der Waals surface area contributed by atoms with Gasteiger partial charge in [-0.3, -0.25) is 9.69 Å². The first-order chi connectivity index (χ1) is 15.4. The zero-order valence-corrected chi connectivity index (χ0v) is 20.7. The average Bonchev–Trinajstić information content (AvgIpc) is 3.39. The van der Waals surface area contributed by atoms with Crippen molar-refractivity contribution in [1.82, 2.24) is 15.2 Å². The molecule has 0 aliphatic carbocycles. The molecule has 0 aliphatic rings. The normalized spacial score (nSPS) is 10.9. The molecular formula is C23H23N5OS3. The fraction of sp³-hybridized carbons (Fsp3) is 0.217. The molecule has 0 aliphatic heterocycles. The lowest BCUT2D eigenvalue weighted by molar-refractivity contribution is -0.115. The second-order valence-electron chi connectivity index (χ2n) is 7.40. The first-order valence-electron chi connectivity index (χ1n) is 10.0. The Kier molecular flexibility index (Phi) is 6.88. The van der Waals surface area contributed by atoms with Crippen LogP contribution in [-0.2, 0) is 10.5 Å². The molecule has 164 valence electrons. The minimum atomic E-state index is -0.0599. The summed E-state index contributed by atoms with van der Waals surface area (Å²) in [6.45, 7) is 7.76. The zero-order valence-electron chi connectivity index (χ0n) is 18.2. The van der Waals surface area contributed by atoms with Crippen LogP contribution in [0, 0.1) is 20.8 Å². The molecule has 0 spiro atoms. The quantitative estimate of drug-likeness (QED) is 0.298. The lowest BCUT2D eigenvalue weighted by atomic mass is 10.1. The van der Waals surface area contributed by atoms with E-state index in [0.29, 0.717) is 10.9 Å². The van der Waals surface area contributed by atoms with Crippen molar-refractivity contribution in [3.8, 4) is 0 Å². The Morgan fingerprint density at radius 3 is 2.69 bits per heavy atom. The van der Waals surface area contributed by atoms with Crippen molar-refractivity contribution in [2.45, 2.75) is 37.8 Å². The topological polar surface area (TPSA) is 71.0 Å². The van der Waals surface area contributed by atoms with Crippen LogP contribution in [-0.4, -0.2) is 21.1 Å². The predicted molar refractivity (Wildman–Crippen MR) is 135 cm³/mol. The number of carbonyl (C=O) groups excluding carboxylic acids is 1. The number of benzene rings is 2. The zero-order chi connectivity index (χ0) is 22.7. The molecule has 4 rings (SSSR count). The van der Waals surface area contributed by atoms with Gasteiger partial charge in [0.05, 0.1) is 11.4 Å². The van der Waals surface area contributed by atoms with E-state index in [-0.39, 0.29) is 5.91 Å². The monoisotopic (exact) mass is 481 g/mol. The van der Waals surface area contributed by atoms with Crippen molar-refractivity contribution < 1.29 is 4.79 Å².